The predicted octanol–water partition coefficient (Wildman–Crippen LogP) is 3.84. The lowest BCUT2D eigenvalue weighted by Crippen LogP contribution is -2.33. The molecule has 7 rings (SSSR count). The zero-order chi connectivity index (χ0) is 24.3. The summed E-state index contributed by atoms with van der Waals surface area (Å²) in [5.41, 5.74) is 3.27. The van der Waals surface area contributed by atoms with Gasteiger partial charge in [-0.2, -0.15) is 0 Å². The van der Waals surface area contributed by atoms with E-state index in [4.69, 9.17) is 0 Å². The van der Waals surface area contributed by atoms with Crippen molar-refractivity contribution >= 4 is 29.0 Å². The summed E-state index contributed by atoms with van der Waals surface area (Å²) in [5, 5.41) is 12.0. The molecule has 0 aromatic carbocycles. The Morgan fingerprint density at radius 1 is 1.19 bits per heavy atom. The fraction of sp³-hybridized carbons (Fsp3) is 0.519. The number of nitrogens with zero attached hydrogens (tertiary/aromatic N) is 5. The summed E-state index contributed by atoms with van der Waals surface area (Å²) < 4.78 is 1.90. The number of hydrogen-bond donors (Lipinski definition) is 1. The van der Waals surface area contributed by atoms with Crippen molar-refractivity contribution in [1.82, 2.24) is 24.6 Å². The van der Waals surface area contributed by atoms with Crippen LogP contribution in [-0.4, -0.2) is 55.5 Å². The Labute approximate surface area is 214 Å². The molecule has 1 N–H and O–H groups in total. The van der Waals surface area contributed by atoms with Gasteiger partial charge in [0.05, 0.1) is 17.4 Å². The summed E-state index contributed by atoms with van der Waals surface area (Å²) in [4.78, 5) is 35.3. The molecule has 1 unspecified atom stereocenters. The van der Waals surface area contributed by atoms with Crippen LogP contribution in [0.25, 0.3) is 5.69 Å². The first-order valence-corrected chi connectivity index (χ1v) is 13.9. The molecule has 3 fully saturated rings. The summed E-state index contributed by atoms with van der Waals surface area (Å²) in [7, 11) is 0. The number of Topliss-reactive ketones (excluding diaryl/α,β-unsaturated/α-hetero) is 1. The van der Waals surface area contributed by atoms with Crippen LogP contribution in [0.1, 0.15) is 64.2 Å². The zero-order valence-electron chi connectivity index (χ0n) is 20.3. The van der Waals surface area contributed by atoms with Crippen molar-refractivity contribution in [3.05, 3.63) is 51.7 Å². The van der Waals surface area contributed by atoms with Gasteiger partial charge >= 0.3 is 0 Å². The number of likely N-dealkylation sites (tertiary alicyclic amines) is 1. The third-order valence-electron chi connectivity index (χ3n) is 8.40. The fourth-order valence-electron chi connectivity index (χ4n) is 5.90. The van der Waals surface area contributed by atoms with Crippen molar-refractivity contribution in [1.29, 1.82) is 0 Å². The van der Waals surface area contributed by atoms with Crippen LogP contribution in [0.15, 0.2) is 30.9 Å². The van der Waals surface area contributed by atoms with Gasteiger partial charge in [-0.25, -0.2) is 0 Å². The zero-order valence-corrected chi connectivity index (χ0v) is 21.1. The van der Waals surface area contributed by atoms with Gasteiger partial charge < -0.3 is 10.2 Å². The smallest absolute Gasteiger partial charge is 0.255 e. The van der Waals surface area contributed by atoms with Gasteiger partial charge in [0.25, 0.3) is 5.91 Å². The molecule has 1 aliphatic heterocycles. The lowest BCUT2D eigenvalue weighted by atomic mass is 9.90. The van der Waals surface area contributed by atoms with Crippen molar-refractivity contribution in [2.45, 2.75) is 63.8 Å². The first kappa shape index (κ1) is 22.2. The molecule has 0 radical (unpaired) electrons. The molecule has 9 heteroatoms. The minimum absolute atomic E-state index is 0.138. The summed E-state index contributed by atoms with van der Waals surface area (Å²) in [6, 6.07) is 4.00. The molecule has 3 aromatic rings. The van der Waals surface area contributed by atoms with E-state index >= 15 is 0 Å². The van der Waals surface area contributed by atoms with Crippen LogP contribution in [0.3, 0.4) is 0 Å². The quantitative estimate of drug-likeness (QED) is 0.528. The summed E-state index contributed by atoms with van der Waals surface area (Å²) in [6.07, 6.45) is 13.9. The summed E-state index contributed by atoms with van der Waals surface area (Å²) in [5.74, 6) is 1.34. The van der Waals surface area contributed by atoms with Crippen molar-refractivity contribution in [3.63, 3.8) is 0 Å². The molecule has 8 nitrogen and oxygen atoms in total. The number of carbonyl (C=O) groups excluding carboxylic acids is 2. The lowest BCUT2D eigenvalue weighted by Gasteiger charge is -2.25. The molecule has 1 amide bonds. The highest BCUT2D eigenvalue weighted by Gasteiger charge is 2.49. The predicted molar refractivity (Wildman–Crippen MR) is 137 cm³/mol. The highest BCUT2D eigenvalue weighted by molar-refractivity contribution is 7.12. The average Bonchev–Trinajstić information content (AvgIpc) is 3.75. The SMILES string of the molecule is O=C(Cc1sc2c(c1C(=O)N1CCC3(CC3)C1)CC(Nc1nncn1-c1cccnc1)CC2)C1CC1. The maximum atomic E-state index is 13.9. The van der Waals surface area contributed by atoms with Crippen LogP contribution < -0.4 is 5.32 Å². The van der Waals surface area contributed by atoms with Gasteiger partial charge in [0.15, 0.2) is 0 Å². The third kappa shape index (κ3) is 4.03. The minimum Gasteiger partial charge on any atom is -0.351 e. The van der Waals surface area contributed by atoms with Crippen molar-refractivity contribution in [3.8, 4) is 5.69 Å². The summed E-state index contributed by atoms with van der Waals surface area (Å²) >= 11 is 1.71. The normalized spacial score (nSPS) is 22.0. The van der Waals surface area contributed by atoms with Crippen molar-refractivity contribution in [2.24, 2.45) is 11.3 Å². The molecule has 2 saturated carbocycles. The Bertz CT molecular complexity index is 1320. The number of aromatic nitrogens is 4. The number of rotatable bonds is 7. The number of pyridine rings is 1. The Morgan fingerprint density at radius 3 is 2.83 bits per heavy atom. The van der Waals surface area contributed by atoms with E-state index in [0.29, 0.717) is 23.6 Å². The Kier molecular flexibility index (Phi) is 5.23. The van der Waals surface area contributed by atoms with E-state index in [2.05, 4.69) is 25.4 Å². The molecular formula is C27H30N6O2S. The molecule has 4 aliphatic rings. The van der Waals surface area contributed by atoms with Gasteiger partial charge in [0.2, 0.25) is 5.95 Å². The standard InChI is InChI=1S/C27H30N6O2S/c34-21(17-3-4-17)13-23-24(25(35)32-11-9-27(15-32)7-8-27)20-12-18(5-6-22(20)36-23)30-26-31-29-16-33(26)19-2-1-10-28-14-19/h1-2,10,14,16-18H,3-9,11-13,15H2,(H,30,31). The van der Waals surface area contributed by atoms with E-state index < -0.39 is 0 Å². The second-order valence-electron chi connectivity index (χ2n) is 11.0. The van der Waals surface area contributed by atoms with Gasteiger partial charge in [-0.1, -0.05) is 0 Å². The van der Waals surface area contributed by atoms with Crippen LogP contribution in [0.4, 0.5) is 5.95 Å². The maximum Gasteiger partial charge on any atom is 0.255 e. The minimum atomic E-state index is 0.138. The second kappa shape index (κ2) is 8.50. The number of anilines is 1. The Hall–Kier alpha value is -3.07. The first-order chi connectivity index (χ1) is 17.6. The molecule has 186 valence electrons. The lowest BCUT2D eigenvalue weighted by molar-refractivity contribution is -0.119. The number of fused-ring (bicyclic) bond motifs is 1. The van der Waals surface area contributed by atoms with Crippen LogP contribution in [0.2, 0.25) is 0 Å². The second-order valence-corrected chi connectivity index (χ2v) is 12.2. The monoisotopic (exact) mass is 502 g/mol. The van der Waals surface area contributed by atoms with Gasteiger partial charge in [0, 0.05) is 47.4 Å². The van der Waals surface area contributed by atoms with Gasteiger partial charge in [-0.15, -0.1) is 21.5 Å². The first-order valence-electron chi connectivity index (χ1n) is 13.1. The number of amides is 1. The van der Waals surface area contributed by atoms with E-state index in [1.807, 2.05) is 16.7 Å². The van der Waals surface area contributed by atoms with E-state index in [1.54, 1.807) is 30.1 Å². The molecule has 3 aliphatic carbocycles. The number of aryl methyl sites for hydroxylation is 1. The molecule has 1 saturated heterocycles. The molecule has 1 spiro atoms. The van der Waals surface area contributed by atoms with Crippen molar-refractivity contribution < 1.29 is 9.59 Å². The summed E-state index contributed by atoms with van der Waals surface area (Å²) in [6.45, 7) is 1.72. The number of thiophene rings is 1. The van der Waals surface area contributed by atoms with E-state index in [1.165, 1.54) is 17.7 Å². The van der Waals surface area contributed by atoms with Crippen molar-refractivity contribution in [2.75, 3.05) is 18.4 Å². The molecule has 0 bridgehead atoms. The third-order valence-corrected chi connectivity index (χ3v) is 9.69. The number of ketones is 1. The largest absolute Gasteiger partial charge is 0.351 e. The molecule has 36 heavy (non-hydrogen) atoms. The molecule has 4 heterocycles. The Balaban J connectivity index is 1.17. The van der Waals surface area contributed by atoms with E-state index in [0.717, 1.165) is 73.3 Å². The Morgan fingerprint density at radius 2 is 2.08 bits per heavy atom. The number of hydrogen-bond acceptors (Lipinski definition) is 7. The highest BCUT2D eigenvalue weighted by Crippen LogP contribution is 2.53. The van der Waals surface area contributed by atoms with Crippen LogP contribution in [0.5, 0.6) is 0 Å². The maximum absolute atomic E-state index is 13.9. The van der Waals surface area contributed by atoms with Gasteiger partial charge in [0.1, 0.15) is 12.1 Å². The number of carbonyl (C=O) groups is 2. The van der Waals surface area contributed by atoms with Gasteiger partial charge in [-0.05, 0) is 74.5 Å². The molecular weight excluding hydrogens is 472 g/mol. The van der Waals surface area contributed by atoms with E-state index in [9.17, 15) is 9.59 Å². The van der Waals surface area contributed by atoms with Crippen LogP contribution in [0, 0.1) is 11.3 Å². The average molecular weight is 503 g/mol. The highest BCUT2D eigenvalue weighted by atomic mass is 32.1. The molecule has 3 aromatic heterocycles. The molecule has 1 atom stereocenters. The topological polar surface area (TPSA) is 93.0 Å². The number of nitrogens with one attached hydrogen (secondary N) is 1. The van der Waals surface area contributed by atoms with E-state index in [-0.39, 0.29) is 17.9 Å². The van der Waals surface area contributed by atoms with Gasteiger partial charge in [-0.3, -0.25) is 19.1 Å². The van der Waals surface area contributed by atoms with Crippen LogP contribution in [-0.2, 0) is 24.1 Å². The fourth-order valence-corrected chi connectivity index (χ4v) is 7.25. The van der Waals surface area contributed by atoms with Crippen LogP contribution >= 0.6 is 11.3 Å².